The molecule has 0 aromatic heterocycles. The number of hydrogen-bond acceptors (Lipinski definition) is 2. The highest BCUT2D eigenvalue weighted by molar-refractivity contribution is 14.1. The summed E-state index contributed by atoms with van der Waals surface area (Å²) < 4.78 is 1.01. The van der Waals surface area contributed by atoms with Gasteiger partial charge in [-0.3, -0.25) is 9.59 Å². The molecule has 2 N–H and O–H groups in total. The quantitative estimate of drug-likeness (QED) is 0.748. The summed E-state index contributed by atoms with van der Waals surface area (Å²) in [7, 11) is 0. The molecule has 0 bridgehead atoms. The highest BCUT2D eigenvalue weighted by Crippen LogP contribution is 2.16. The van der Waals surface area contributed by atoms with Gasteiger partial charge in [0.15, 0.2) is 0 Å². The first-order valence-corrected chi connectivity index (χ1v) is 8.01. The fourth-order valence-electron chi connectivity index (χ4n) is 1.76. The van der Waals surface area contributed by atoms with Crippen molar-refractivity contribution in [1.29, 1.82) is 0 Å². The normalized spacial score (nSPS) is 10.4. The van der Waals surface area contributed by atoms with Gasteiger partial charge in [0.2, 0.25) is 5.91 Å². The van der Waals surface area contributed by atoms with Gasteiger partial charge in [0, 0.05) is 26.4 Å². The van der Waals surface area contributed by atoms with Crippen LogP contribution < -0.4 is 10.6 Å². The Morgan fingerprint density at radius 1 is 0.955 bits per heavy atom. The summed E-state index contributed by atoms with van der Waals surface area (Å²) in [5.41, 5.74) is 2.02. The largest absolute Gasteiger partial charge is 0.326 e. The third kappa shape index (κ3) is 4.56. The predicted octanol–water partition coefficient (Wildman–Crippen LogP) is 4.14. The molecule has 0 unspecified atom stereocenters. The van der Waals surface area contributed by atoms with E-state index < -0.39 is 0 Å². The van der Waals surface area contributed by atoms with Crippen molar-refractivity contribution in [3.05, 3.63) is 57.7 Å². The number of carbonyl (C=O) groups is 2. The molecule has 0 radical (unpaired) electrons. The second-order valence-corrected chi connectivity index (χ2v) is 6.43. The Morgan fingerprint density at radius 2 is 1.55 bits per heavy atom. The van der Waals surface area contributed by atoms with Gasteiger partial charge in [-0.05, 0) is 65.1 Å². The summed E-state index contributed by atoms with van der Waals surface area (Å²) in [5.74, 6) is -0.256. The number of anilines is 2. The maximum absolute atomic E-state index is 12.1. The van der Waals surface area contributed by atoms with Crippen molar-refractivity contribution in [1.82, 2.24) is 0 Å². The van der Waals surface area contributed by atoms with Crippen molar-refractivity contribution in [2.45, 2.75) is 13.8 Å². The van der Waals surface area contributed by atoms with Gasteiger partial charge in [0.05, 0.1) is 0 Å². The minimum atomic E-state index is -0.155. The van der Waals surface area contributed by atoms with Crippen LogP contribution in [0.3, 0.4) is 0 Å². The zero-order chi connectivity index (χ0) is 16.1. The summed E-state index contributed by atoms with van der Waals surface area (Å²) >= 11 is 2.17. The van der Waals surface area contributed by atoms with Gasteiger partial charge in [-0.1, -0.05) is 19.9 Å². The third-order valence-electron chi connectivity index (χ3n) is 3.02. The van der Waals surface area contributed by atoms with Gasteiger partial charge in [-0.25, -0.2) is 0 Å². The molecule has 2 aromatic rings. The van der Waals surface area contributed by atoms with Crippen molar-refractivity contribution < 1.29 is 9.59 Å². The van der Waals surface area contributed by atoms with E-state index >= 15 is 0 Å². The van der Waals surface area contributed by atoms with Crippen LogP contribution in [0.5, 0.6) is 0 Å². The van der Waals surface area contributed by atoms with Crippen molar-refractivity contribution in [2.75, 3.05) is 10.6 Å². The van der Waals surface area contributed by atoms with Crippen LogP contribution in [0.2, 0.25) is 0 Å². The van der Waals surface area contributed by atoms with Gasteiger partial charge in [-0.2, -0.15) is 0 Å². The topological polar surface area (TPSA) is 58.2 Å². The van der Waals surface area contributed by atoms with Crippen molar-refractivity contribution in [2.24, 2.45) is 5.92 Å². The second kappa shape index (κ2) is 7.40. The summed E-state index contributed by atoms with van der Waals surface area (Å²) in [4.78, 5) is 23.7. The van der Waals surface area contributed by atoms with Gasteiger partial charge in [-0.15, -0.1) is 0 Å². The van der Waals surface area contributed by atoms with E-state index in [0.29, 0.717) is 16.9 Å². The smallest absolute Gasteiger partial charge is 0.255 e. The minimum absolute atomic E-state index is 0.0318. The molecule has 0 saturated heterocycles. The van der Waals surface area contributed by atoms with E-state index in [1.165, 1.54) is 0 Å². The van der Waals surface area contributed by atoms with Crippen LogP contribution in [0.1, 0.15) is 24.2 Å². The average Bonchev–Trinajstić information content (AvgIpc) is 2.49. The van der Waals surface area contributed by atoms with E-state index in [-0.39, 0.29) is 17.7 Å². The molecule has 0 atom stereocenters. The van der Waals surface area contributed by atoms with Gasteiger partial charge >= 0.3 is 0 Å². The maximum Gasteiger partial charge on any atom is 0.255 e. The number of benzene rings is 2. The van der Waals surface area contributed by atoms with Gasteiger partial charge in [0.25, 0.3) is 5.91 Å². The number of halogens is 1. The number of nitrogens with one attached hydrogen (secondary N) is 2. The molecule has 5 heteroatoms. The lowest BCUT2D eigenvalue weighted by Gasteiger charge is -2.09. The van der Waals surface area contributed by atoms with E-state index in [9.17, 15) is 9.59 Å². The molecular formula is C17H17IN2O2. The highest BCUT2D eigenvalue weighted by atomic mass is 127. The number of hydrogen-bond donors (Lipinski definition) is 2. The van der Waals surface area contributed by atoms with Crippen LogP contribution in [0.25, 0.3) is 0 Å². The summed E-state index contributed by atoms with van der Waals surface area (Å²) in [6.07, 6.45) is 0. The standard InChI is InChI=1S/C17H17IN2O2/c1-11(2)16(21)19-14-6-8-15(9-7-14)20-17(22)12-4-3-5-13(18)10-12/h3-11H,1-2H3,(H,19,21)(H,20,22). The Balaban J connectivity index is 2.02. The SMILES string of the molecule is CC(C)C(=O)Nc1ccc(NC(=O)c2cccc(I)c2)cc1. The fourth-order valence-corrected chi connectivity index (χ4v) is 2.30. The Kier molecular flexibility index (Phi) is 5.54. The van der Waals surface area contributed by atoms with E-state index in [1.807, 2.05) is 32.0 Å². The van der Waals surface area contributed by atoms with Crippen LogP contribution in [-0.4, -0.2) is 11.8 Å². The van der Waals surface area contributed by atoms with Crippen LogP contribution >= 0.6 is 22.6 Å². The fraction of sp³-hybridized carbons (Fsp3) is 0.176. The van der Waals surface area contributed by atoms with Crippen LogP contribution in [0.4, 0.5) is 11.4 Å². The molecule has 0 aliphatic heterocycles. The Labute approximate surface area is 143 Å². The van der Waals surface area contributed by atoms with Crippen LogP contribution in [-0.2, 0) is 4.79 Å². The summed E-state index contributed by atoms with van der Waals surface area (Å²) in [5, 5.41) is 5.64. The maximum atomic E-state index is 12.1. The minimum Gasteiger partial charge on any atom is -0.326 e. The Bertz CT molecular complexity index is 681. The van der Waals surface area contributed by atoms with Crippen LogP contribution in [0, 0.1) is 9.49 Å². The molecular weight excluding hydrogens is 391 g/mol. The molecule has 0 heterocycles. The monoisotopic (exact) mass is 408 g/mol. The molecule has 22 heavy (non-hydrogen) atoms. The molecule has 0 saturated carbocycles. The zero-order valence-electron chi connectivity index (χ0n) is 12.4. The first-order chi connectivity index (χ1) is 10.5. The lowest BCUT2D eigenvalue weighted by Crippen LogP contribution is -2.17. The Hall–Kier alpha value is -1.89. The molecule has 0 fully saturated rings. The Morgan fingerprint density at radius 3 is 2.09 bits per heavy atom. The number of rotatable bonds is 4. The van der Waals surface area contributed by atoms with Crippen molar-refractivity contribution in [3.63, 3.8) is 0 Å². The van der Waals surface area contributed by atoms with E-state index in [1.54, 1.807) is 30.3 Å². The van der Waals surface area contributed by atoms with E-state index in [4.69, 9.17) is 0 Å². The van der Waals surface area contributed by atoms with Crippen molar-refractivity contribution in [3.8, 4) is 0 Å². The summed E-state index contributed by atoms with van der Waals surface area (Å²) in [6.45, 7) is 3.68. The molecule has 2 amide bonds. The molecule has 114 valence electrons. The highest BCUT2D eigenvalue weighted by Gasteiger charge is 2.08. The summed E-state index contributed by atoms with van der Waals surface area (Å²) in [6, 6.07) is 14.4. The number of amides is 2. The number of carbonyl (C=O) groups excluding carboxylic acids is 2. The lowest BCUT2D eigenvalue weighted by molar-refractivity contribution is -0.118. The molecule has 2 aromatic carbocycles. The first kappa shape index (κ1) is 16.5. The van der Waals surface area contributed by atoms with Crippen molar-refractivity contribution >= 4 is 45.8 Å². The second-order valence-electron chi connectivity index (χ2n) is 5.19. The van der Waals surface area contributed by atoms with Gasteiger partial charge < -0.3 is 10.6 Å². The molecule has 0 spiro atoms. The lowest BCUT2D eigenvalue weighted by atomic mass is 10.2. The molecule has 4 nitrogen and oxygen atoms in total. The molecule has 0 aliphatic carbocycles. The van der Waals surface area contributed by atoms with Crippen LogP contribution in [0.15, 0.2) is 48.5 Å². The predicted molar refractivity (Wildman–Crippen MR) is 97.0 cm³/mol. The zero-order valence-corrected chi connectivity index (χ0v) is 14.5. The van der Waals surface area contributed by atoms with E-state index in [2.05, 4.69) is 33.2 Å². The first-order valence-electron chi connectivity index (χ1n) is 6.93. The molecule has 2 rings (SSSR count). The average molecular weight is 408 g/mol. The third-order valence-corrected chi connectivity index (χ3v) is 3.69. The van der Waals surface area contributed by atoms with E-state index in [0.717, 1.165) is 3.57 Å². The molecule has 0 aliphatic rings. The van der Waals surface area contributed by atoms with Gasteiger partial charge in [0.1, 0.15) is 0 Å².